The summed E-state index contributed by atoms with van der Waals surface area (Å²) in [6.07, 6.45) is 2.08. The molecule has 4 heteroatoms. The molecule has 2 rings (SSSR count). The number of nitrogens with zero attached hydrogens (tertiary/aromatic N) is 2. The maximum atomic E-state index is 11.0. The summed E-state index contributed by atoms with van der Waals surface area (Å²) in [7, 11) is 4.09. The Balaban J connectivity index is 2.42. The zero-order valence-electron chi connectivity index (χ0n) is 11.0. The fourth-order valence-electron chi connectivity index (χ4n) is 2.10. The number of fused-ring (bicyclic) bond motifs is 1. The van der Waals surface area contributed by atoms with Gasteiger partial charge >= 0.3 is 5.97 Å². The van der Waals surface area contributed by atoms with Crippen LogP contribution in [0.4, 0.5) is 0 Å². The van der Waals surface area contributed by atoms with Gasteiger partial charge in [-0.1, -0.05) is 0 Å². The van der Waals surface area contributed by atoms with Gasteiger partial charge in [0.25, 0.3) is 0 Å². The van der Waals surface area contributed by atoms with Crippen LogP contribution in [0.5, 0.6) is 0 Å². The average Bonchev–Trinajstić information content (AvgIpc) is 2.63. The number of aromatic carboxylic acids is 1. The molecule has 2 aromatic rings. The van der Waals surface area contributed by atoms with Gasteiger partial charge in [-0.25, -0.2) is 4.79 Å². The molecule has 0 saturated carbocycles. The summed E-state index contributed by atoms with van der Waals surface area (Å²) in [4.78, 5) is 13.1. The third-order valence-electron chi connectivity index (χ3n) is 3.12. The van der Waals surface area contributed by atoms with E-state index in [1.54, 1.807) is 12.1 Å². The van der Waals surface area contributed by atoms with Crippen LogP contribution in [0.1, 0.15) is 15.9 Å². The zero-order chi connectivity index (χ0) is 13.3. The van der Waals surface area contributed by atoms with Crippen LogP contribution in [0.2, 0.25) is 0 Å². The highest BCUT2D eigenvalue weighted by molar-refractivity contribution is 5.94. The van der Waals surface area contributed by atoms with E-state index in [4.69, 9.17) is 5.11 Å². The maximum absolute atomic E-state index is 11.0. The van der Waals surface area contributed by atoms with Gasteiger partial charge in [-0.2, -0.15) is 0 Å². The van der Waals surface area contributed by atoms with Crippen molar-refractivity contribution in [2.75, 3.05) is 20.6 Å². The molecule has 0 spiro atoms. The second kappa shape index (κ2) is 4.82. The van der Waals surface area contributed by atoms with Gasteiger partial charge in [0, 0.05) is 30.2 Å². The Morgan fingerprint density at radius 1 is 1.39 bits per heavy atom. The molecule has 0 fully saturated rings. The van der Waals surface area contributed by atoms with Gasteiger partial charge in [-0.15, -0.1) is 0 Å². The number of carboxylic acids is 1. The van der Waals surface area contributed by atoms with Gasteiger partial charge in [0.05, 0.1) is 5.56 Å². The summed E-state index contributed by atoms with van der Waals surface area (Å²) in [5, 5.41) is 10.0. The summed E-state index contributed by atoms with van der Waals surface area (Å²) in [5.41, 5.74) is 2.56. The number of aromatic nitrogens is 1. The van der Waals surface area contributed by atoms with Crippen LogP contribution in [0.3, 0.4) is 0 Å². The quantitative estimate of drug-likeness (QED) is 0.899. The summed E-state index contributed by atoms with van der Waals surface area (Å²) in [6, 6.07) is 5.30. The first-order valence-corrected chi connectivity index (χ1v) is 5.96. The van der Waals surface area contributed by atoms with Gasteiger partial charge in [0.2, 0.25) is 0 Å². The van der Waals surface area contributed by atoms with Crippen molar-refractivity contribution in [3.05, 3.63) is 35.5 Å². The summed E-state index contributed by atoms with van der Waals surface area (Å²) < 4.78 is 2.18. The molecule has 0 atom stereocenters. The van der Waals surface area contributed by atoms with Crippen molar-refractivity contribution in [2.24, 2.45) is 0 Å². The van der Waals surface area contributed by atoms with Gasteiger partial charge in [-0.05, 0) is 44.8 Å². The Bertz CT molecular complexity index is 585. The lowest BCUT2D eigenvalue weighted by Gasteiger charge is -2.11. The first-order chi connectivity index (χ1) is 8.49. The van der Waals surface area contributed by atoms with Gasteiger partial charge in [0.15, 0.2) is 0 Å². The molecule has 0 aliphatic rings. The Hall–Kier alpha value is -1.81. The average molecular weight is 246 g/mol. The highest BCUT2D eigenvalue weighted by Gasteiger charge is 2.09. The van der Waals surface area contributed by atoms with Crippen LogP contribution in [0.25, 0.3) is 10.9 Å². The van der Waals surface area contributed by atoms with E-state index in [-0.39, 0.29) is 0 Å². The smallest absolute Gasteiger partial charge is 0.335 e. The fourth-order valence-corrected chi connectivity index (χ4v) is 2.10. The molecule has 18 heavy (non-hydrogen) atoms. The van der Waals surface area contributed by atoms with Crippen LogP contribution in [0, 0.1) is 6.92 Å². The standard InChI is InChI=1S/C14H18N2O2/c1-10-9-16(7-6-15(2)3)13-5-4-11(14(17)18)8-12(10)13/h4-5,8-9H,6-7H2,1-3H3,(H,17,18). The second-order valence-electron chi connectivity index (χ2n) is 4.85. The van der Waals surface area contributed by atoms with Crippen molar-refractivity contribution in [1.82, 2.24) is 9.47 Å². The lowest BCUT2D eigenvalue weighted by molar-refractivity contribution is 0.0697. The molecule has 4 nitrogen and oxygen atoms in total. The molecule has 0 bridgehead atoms. The lowest BCUT2D eigenvalue weighted by atomic mass is 10.1. The van der Waals surface area contributed by atoms with E-state index in [1.165, 1.54) is 0 Å². The maximum Gasteiger partial charge on any atom is 0.335 e. The van der Waals surface area contributed by atoms with E-state index >= 15 is 0 Å². The highest BCUT2D eigenvalue weighted by Crippen LogP contribution is 2.22. The number of likely N-dealkylation sites (N-methyl/N-ethyl adjacent to an activating group) is 1. The first-order valence-electron chi connectivity index (χ1n) is 5.96. The van der Waals surface area contributed by atoms with Gasteiger partial charge in [0.1, 0.15) is 0 Å². The van der Waals surface area contributed by atoms with E-state index in [2.05, 4.69) is 15.7 Å². The number of hydrogen-bond acceptors (Lipinski definition) is 2. The van der Waals surface area contributed by atoms with E-state index in [0.29, 0.717) is 5.56 Å². The van der Waals surface area contributed by atoms with Gasteiger partial charge < -0.3 is 14.6 Å². The Morgan fingerprint density at radius 2 is 2.11 bits per heavy atom. The molecule has 1 aromatic carbocycles. The van der Waals surface area contributed by atoms with Crippen LogP contribution < -0.4 is 0 Å². The molecule has 1 N–H and O–H groups in total. The van der Waals surface area contributed by atoms with Crippen molar-refractivity contribution in [3.8, 4) is 0 Å². The minimum Gasteiger partial charge on any atom is -0.478 e. The van der Waals surface area contributed by atoms with Gasteiger partial charge in [-0.3, -0.25) is 0 Å². The Morgan fingerprint density at radius 3 is 2.72 bits per heavy atom. The minimum atomic E-state index is -0.877. The van der Waals surface area contributed by atoms with Crippen LogP contribution in [0.15, 0.2) is 24.4 Å². The van der Waals surface area contributed by atoms with E-state index in [1.807, 2.05) is 27.1 Å². The molecule has 0 aliphatic carbocycles. The van der Waals surface area contributed by atoms with Crippen molar-refractivity contribution in [1.29, 1.82) is 0 Å². The Labute approximate surface area is 106 Å². The number of hydrogen-bond donors (Lipinski definition) is 1. The SMILES string of the molecule is Cc1cn(CCN(C)C)c2ccc(C(=O)O)cc12. The summed E-state index contributed by atoms with van der Waals surface area (Å²) >= 11 is 0. The van der Waals surface area contributed by atoms with Crippen LogP contribution in [-0.4, -0.2) is 41.2 Å². The number of rotatable bonds is 4. The number of carbonyl (C=O) groups is 1. The topological polar surface area (TPSA) is 45.5 Å². The van der Waals surface area contributed by atoms with E-state index in [9.17, 15) is 4.79 Å². The van der Waals surface area contributed by atoms with E-state index < -0.39 is 5.97 Å². The van der Waals surface area contributed by atoms with E-state index in [0.717, 1.165) is 29.6 Å². The lowest BCUT2D eigenvalue weighted by Crippen LogP contribution is -2.17. The molecule has 1 aromatic heterocycles. The molecule has 0 unspecified atom stereocenters. The van der Waals surface area contributed by atoms with Crippen molar-refractivity contribution in [3.63, 3.8) is 0 Å². The molecule has 0 amide bonds. The number of aryl methyl sites for hydroxylation is 1. The van der Waals surface area contributed by atoms with Crippen molar-refractivity contribution >= 4 is 16.9 Å². The number of benzene rings is 1. The first kappa shape index (κ1) is 12.6. The molecular formula is C14H18N2O2. The third-order valence-corrected chi connectivity index (χ3v) is 3.12. The predicted molar refractivity (Wildman–Crippen MR) is 72.2 cm³/mol. The van der Waals surface area contributed by atoms with Crippen LogP contribution in [-0.2, 0) is 6.54 Å². The zero-order valence-corrected chi connectivity index (χ0v) is 11.0. The molecular weight excluding hydrogens is 228 g/mol. The Kier molecular flexibility index (Phi) is 3.39. The number of carboxylic acid groups (broad SMARTS) is 1. The third kappa shape index (κ3) is 2.38. The molecule has 0 radical (unpaired) electrons. The largest absolute Gasteiger partial charge is 0.478 e. The summed E-state index contributed by atoms with van der Waals surface area (Å²) in [6.45, 7) is 3.88. The van der Waals surface area contributed by atoms with Crippen molar-refractivity contribution in [2.45, 2.75) is 13.5 Å². The minimum absolute atomic E-state index is 0.343. The monoisotopic (exact) mass is 246 g/mol. The second-order valence-corrected chi connectivity index (χ2v) is 4.85. The molecule has 0 aliphatic heterocycles. The normalized spacial score (nSPS) is 11.3. The molecule has 1 heterocycles. The fraction of sp³-hybridized carbons (Fsp3) is 0.357. The highest BCUT2D eigenvalue weighted by atomic mass is 16.4. The summed E-state index contributed by atoms with van der Waals surface area (Å²) in [5.74, 6) is -0.877. The van der Waals surface area contributed by atoms with Crippen LogP contribution >= 0.6 is 0 Å². The van der Waals surface area contributed by atoms with Crippen molar-refractivity contribution < 1.29 is 9.90 Å². The predicted octanol–water partition coefficient (Wildman–Crippen LogP) is 2.21. The molecule has 96 valence electrons. The molecule has 0 saturated heterocycles.